The topological polar surface area (TPSA) is 69.7 Å². The molecule has 0 aromatic heterocycles. The van der Waals surface area contributed by atoms with Crippen LogP contribution in [-0.4, -0.2) is 57.2 Å². The van der Waals surface area contributed by atoms with E-state index in [2.05, 4.69) is 66.4 Å². The number of esters is 1. The third kappa shape index (κ3) is 5.77. The molecule has 0 N–H and O–H groups in total. The average molecular weight is 647 g/mol. The van der Waals surface area contributed by atoms with E-state index in [-0.39, 0.29) is 24.0 Å². The van der Waals surface area contributed by atoms with Crippen LogP contribution < -0.4 is 23.7 Å². The first-order chi connectivity index (χ1) is 23.4. The van der Waals surface area contributed by atoms with Crippen molar-refractivity contribution in [2.24, 2.45) is 5.92 Å². The number of nitrogens with zero attached hydrogens (tertiary/aromatic N) is 2. The number of fused-ring (bicyclic) bond motifs is 2. The predicted molar refractivity (Wildman–Crippen MR) is 183 cm³/mol. The predicted octanol–water partition coefficient (Wildman–Crippen LogP) is 7.46. The summed E-state index contributed by atoms with van der Waals surface area (Å²) in [4.78, 5) is 18.0. The number of benzene rings is 4. The van der Waals surface area contributed by atoms with Crippen molar-refractivity contribution in [3.05, 3.63) is 100 Å². The third-order valence-electron chi connectivity index (χ3n) is 10.5. The number of methoxy groups -OCH3 is 2. The summed E-state index contributed by atoms with van der Waals surface area (Å²) in [6.45, 7) is 1.84. The fourth-order valence-corrected chi connectivity index (χ4v) is 7.48. The van der Waals surface area contributed by atoms with E-state index in [1.165, 1.54) is 16.7 Å². The van der Waals surface area contributed by atoms with Gasteiger partial charge in [-0.1, -0.05) is 24.3 Å². The molecule has 1 aliphatic carbocycles. The van der Waals surface area contributed by atoms with Crippen molar-refractivity contribution in [3.63, 3.8) is 0 Å². The van der Waals surface area contributed by atoms with Gasteiger partial charge in [-0.05, 0) is 123 Å². The molecule has 8 nitrogen and oxygen atoms in total. The Morgan fingerprint density at radius 1 is 0.729 bits per heavy atom. The molecule has 248 valence electrons. The zero-order valence-corrected chi connectivity index (χ0v) is 28.1. The minimum Gasteiger partial charge on any atom is -0.493 e. The van der Waals surface area contributed by atoms with Gasteiger partial charge in [0.15, 0.2) is 23.0 Å². The Labute approximate surface area is 282 Å². The zero-order chi connectivity index (χ0) is 32.9. The van der Waals surface area contributed by atoms with Crippen molar-refractivity contribution in [1.29, 1.82) is 0 Å². The molecule has 48 heavy (non-hydrogen) atoms. The van der Waals surface area contributed by atoms with Crippen LogP contribution in [0.2, 0.25) is 0 Å². The molecule has 4 aromatic rings. The average Bonchev–Trinajstić information content (AvgIpc) is 3.95. The molecule has 0 amide bonds. The highest BCUT2D eigenvalue weighted by molar-refractivity contribution is 5.80. The maximum atomic E-state index is 13.2. The molecular formula is C40H42N2O6. The van der Waals surface area contributed by atoms with E-state index in [1.54, 1.807) is 14.2 Å². The van der Waals surface area contributed by atoms with Gasteiger partial charge in [-0.2, -0.15) is 0 Å². The lowest BCUT2D eigenvalue weighted by Crippen LogP contribution is -2.34. The van der Waals surface area contributed by atoms with Crippen LogP contribution in [0.3, 0.4) is 0 Å². The molecule has 0 saturated heterocycles. The molecule has 5 aliphatic rings. The van der Waals surface area contributed by atoms with Gasteiger partial charge < -0.3 is 23.7 Å². The third-order valence-corrected chi connectivity index (χ3v) is 10.5. The summed E-state index contributed by atoms with van der Waals surface area (Å²) in [6, 6.07) is 23.1. The summed E-state index contributed by atoms with van der Waals surface area (Å²) in [7, 11) is 7.63. The van der Waals surface area contributed by atoms with Crippen LogP contribution in [0.25, 0.3) is 0 Å². The Morgan fingerprint density at radius 3 is 2.17 bits per heavy atom. The number of carbonyl (C=O) groups is 1. The quantitative estimate of drug-likeness (QED) is 0.167. The molecule has 0 spiro atoms. The van der Waals surface area contributed by atoms with Crippen molar-refractivity contribution < 1.29 is 28.5 Å². The van der Waals surface area contributed by atoms with E-state index in [0.29, 0.717) is 35.2 Å². The van der Waals surface area contributed by atoms with E-state index in [0.717, 1.165) is 73.4 Å². The second-order valence-corrected chi connectivity index (χ2v) is 13.6. The van der Waals surface area contributed by atoms with Crippen molar-refractivity contribution in [3.8, 4) is 40.2 Å². The zero-order valence-electron chi connectivity index (χ0n) is 28.1. The van der Waals surface area contributed by atoms with Crippen molar-refractivity contribution in [2.45, 2.75) is 50.6 Å². The number of hydrogen-bond acceptors (Lipinski definition) is 8. The van der Waals surface area contributed by atoms with Crippen molar-refractivity contribution >= 4 is 5.97 Å². The second-order valence-electron chi connectivity index (χ2n) is 13.6. The number of likely N-dealkylation sites (N-methyl/N-ethyl adjacent to an activating group) is 2. The smallest absolute Gasteiger partial charge is 0.314 e. The summed E-state index contributed by atoms with van der Waals surface area (Å²) in [5, 5.41) is 0. The van der Waals surface area contributed by atoms with Gasteiger partial charge in [0.2, 0.25) is 5.75 Å². The first kappa shape index (κ1) is 30.8. The van der Waals surface area contributed by atoms with Gasteiger partial charge in [-0.15, -0.1) is 0 Å². The minimum absolute atomic E-state index is 0.0658. The Hall–Kier alpha value is -4.53. The van der Waals surface area contributed by atoms with Gasteiger partial charge in [0.25, 0.3) is 0 Å². The number of rotatable bonds is 4. The summed E-state index contributed by atoms with van der Waals surface area (Å²) in [6.07, 6.45) is 5.00. The van der Waals surface area contributed by atoms with Crippen LogP contribution in [0.15, 0.2) is 66.7 Å². The molecule has 1 saturated carbocycles. The molecule has 2 atom stereocenters. The molecule has 0 unspecified atom stereocenters. The van der Waals surface area contributed by atoms with Crippen molar-refractivity contribution in [2.75, 3.05) is 41.4 Å². The Kier molecular flexibility index (Phi) is 8.01. The van der Waals surface area contributed by atoms with E-state index in [1.807, 2.05) is 24.3 Å². The van der Waals surface area contributed by atoms with E-state index in [4.69, 9.17) is 23.7 Å². The maximum absolute atomic E-state index is 13.2. The molecule has 0 radical (unpaired) electrons. The fourth-order valence-electron chi connectivity index (χ4n) is 7.48. The van der Waals surface area contributed by atoms with E-state index >= 15 is 0 Å². The van der Waals surface area contributed by atoms with Gasteiger partial charge >= 0.3 is 5.97 Å². The Balaban J connectivity index is 1.33. The lowest BCUT2D eigenvalue weighted by Gasteiger charge is -2.37. The molecule has 9 rings (SSSR count). The Morgan fingerprint density at radius 2 is 1.42 bits per heavy atom. The van der Waals surface area contributed by atoms with Crippen LogP contribution in [-0.2, 0) is 30.5 Å². The molecule has 1 fully saturated rings. The largest absolute Gasteiger partial charge is 0.493 e. The van der Waals surface area contributed by atoms with Gasteiger partial charge in [-0.25, -0.2) is 0 Å². The lowest BCUT2D eigenvalue weighted by atomic mass is 9.87. The SMILES string of the molecule is COc1ccc2cc1Oc1ccc(cc1)C[C@H]1c3cc(ccc3CCN1C)Oc1c(OC(=O)C3CC3)c(OC)cc3c1[C@H](C2)N(C)CC3. The van der Waals surface area contributed by atoms with E-state index < -0.39 is 0 Å². The minimum atomic E-state index is -0.233. The number of ether oxygens (including phenoxy) is 5. The molecule has 4 aliphatic heterocycles. The summed E-state index contributed by atoms with van der Waals surface area (Å²) in [5.41, 5.74) is 7.04. The van der Waals surface area contributed by atoms with Crippen LogP contribution in [0, 0.1) is 5.92 Å². The molecular weight excluding hydrogens is 604 g/mol. The summed E-state index contributed by atoms with van der Waals surface area (Å²) in [5.74, 6) is 3.93. The highest BCUT2D eigenvalue weighted by Crippen LogP contribution is 2.51. The van der Waals surface area contributed by atoms with Crippen LogP contribution in [0.4, 0.5) is 0 Å². The number of carbonyl (C=O) groups excluding carboxylic acids is 1. The monoisotopic (exact) mass is 646 g/mol. The van der Waals surface area contributed by atoms with Crippen molar-refractivity contribution in [1.82, 2.24) is 9.80 Å². The van der Waals surface area contributed by atoms with Crippen LogP contribution in [0.1, 0.15) is 58.3 Å². The van der Waals surface area contributed by atoms with E-state index in [9.17, 15) is 4.79 Å². The fraction of sp³-hybridized carbons (Fsp3) is 0.375. The van der Waals surface area contributed by atoms with Gasteiger partial charge in [0, 0.05) is 30.7 Å². The molecule has 4 aromatic carbocycles. The van der Waals surface area contributed by atoms with Gasteiger partial charge in [0.1, 0.15) is 11.5 Å². The molecule has 6 bridgehead atoms. The molecule has 4 heterocycles. The molecule has 8 heteroatoms. The lowest BCUT2D eigenvalue weighted by molar-refractivity contribution is -0.136. The first-order valence-electron chi connectivity index (χ1n) is 17.0. The highest BCUT2D eigenvalue weighted by Gasteiger charge is 2.37. The highest BCUT2D eigenvalue weighted by atomic mass is 16.6. The first-order valence-corrected chi connectivity index (χ1v) is 17.0. The summed E-state index contributed by atoms with van der Waals surface area (Å²) < 4.78 is 31.3. The second kappa shape index (κ2) is 12.5. The Bertz CT molecular complexity index is 1870. The maximum Gasteiger partial charge on any atom is 0.314 e. The van der Waals surface area contributed by atoms with Gasteiger partial charge in [0.05, 0.1) is 20.1 Å². The number of hydrogen-bond donors (Lipinski definition) is 0. The van der Waals surface area contributed by atoms with Crippen LogP contribution >= 0.6 is 0 Å². The normalized spacial score (nSPS) is 20.4. The standard InChI is InChI=1S/C40H42N2O6/c1-41-17-15-26-10-13-30-23-31(26)32(41)19-24-5-11-29(12-6-24)46-35-21-25(7-14-34(35)44-3)20-33-37-28(16-18-42(33)2)22-36(45-4)38(39(37)47-30)48-40(43)27-8-9-27/h5-7,10-14,21-23,27,32-33H,8-9,15-20H2,1-4H3/t32-,33-/m0/s1. The van der Waals surface area contributed by atoms with Gasteiger partial charge in [-0.3, -0.25) is 14.6 Å². The van der Waals surface area contributed by atoms with Crippen LogP contribution in [0.5, 0.6) is 40.2 Å². The summed E-state index contributed by atoms with van der Waals surface area (Å²) >= 11 is 0.